The number of furan rings is 1. The van der Waals surface area contributed by atoms with E-state index in [1.807, 2.05) is 11.8 Å². The van der Waals surface area contributed by atoms with E-state index in [0.29, 0.717) is 41.2 Å². The van der Waals surface area contributed by atoms with Crippen LogP contribution in [0.2, 0.25) is 0 Å². The zero-order valence-electron chi connectivity index (χ0n) is 16.6. The SMILES string of the molecule is CCCN(CC(=O)Nc1sc2c(c1C(N)=O)CCC2)Cc1nnc(-c2ccco2)o1. The molecule has 0 bridgehead atoms. The first kappa shape index (κ1) is 20.3. The number of fused-ring (bicyclic) bond motifs is 1. The fourth-order valence-electron chi connectivity index (χ4n) is 3.66. The van der Waals surface area contributed by atoms with Crippen molar-refractivity contribution in [1.29, 1.82) is 0 Å². The maximum atomic E-state index is 12.7. The summed E-state index contributed by atoms with van der Waals surface area (Å²) >= 11 is 1.45. The third kappa shape index (κ3) is 4.29. The van der Waals surface area contributed by atoms with Crippen LogP contribution in [0.4, 0.5) is 5.00 Å². The van der Waals surface area contributed by atoms with Gasteiger partial charge >= 0.3 is 0 Å². The van der Waals surface area contributed by atoms with Gasteiger partial charge in [-0.1, -0.05) is 6.92 Å². The maximum Gasteiger partial charge on any atom is 0.283 e. The number of carbonyl (C=O) groups is 2. The highest BCUT2D eigenvalue weighted by atomic mass is 32.1. The molecule has 0 spiro atoms. The van der Waals surface area contributed by atoms with E-state index < -0.39 is 5.91 Å². The first-order valence-corrected chi connectivity index (χ1v) is 10.7. The summed E-state index contributed by atoms with van der Waals surface area (Å²) in [6.45, 7) is 3.17. The molecule has 0 radical (unpaired) electrons. The minimum atomic E-state index is -0.494. The molecular formula is C20H23N5O4S. The van der Waals surface area contributed by atoms with Gasteiger partial charge in [-0.3, -0.25) is 14.5 Å². The number of amides is 2. The summed E-state index contributed by atoms with van der Waals surface area (Å²) in [6, 6.07) is 3.48. The zero-order valence-corrected chi connectivity index (χ0v) is 17.5. The van der Waals surface area contributed by atoms with E-state index in [9.17, 15) is 9.59 Å². The highest BCUT2D eigenvalue weighted by Crippen LogP contribution is 2.38. The lowest BCUT2D eigenvalue weighted by Crippen LogP contribution is -2.33. The Kier molecular flexibility index (Phi) is 5.96. The Bertz CT molecular complexity index is 1040. The van der Waals surface area contributed by atoms with Gasteiger partial charge in [-0.2, -0.15) is 0 Å². The van der Waals surface area contributed by atoms with Gasteiger partial charge in [0.25, 0.3) is 11.8 Å². The summed E-state index contributed by atoms with van der Waals surface area (Å²) in [7, 11) is 0. The number of carbonyl (C=O) groups excluding carboxylic acids is 2. The summed E-state index contributed by atoms with van der Waals surface area (Å²) in [5, 5.41) is 11.5. The molecule has 0 aliphatic heterocycles. The number of primary amides is 1. The van der Waals surface area contributed by atoms with Crippen molar-refractivity contribution in [3.63, 3.8) is 0 Å². The van der Waals surface area contributed by atoms with Crippen LogP contribution in [0.25, 0.3) is 11.7 Å². The van der Waals surface area contributed by atoms with E-state index in [0.717, 1.165) is 36.1 Å². The minimum Gasteiger partial charge on any atom is -0.459 e. The molecule has 1 aliphatic carbocycles. The number of nitrogens with one attached hydrogen (secondary N) is 1. The number of nitrogens with two attached hydrogens (primary N) is 1. The molecule has 4 rings (SSSR count). The van der Waals surface area contributed by atoms with Crippen molar-refractivity contribution in [1.82, 2.24) is 15.1 Å². The molecule has 0 saturated carbocycles. The standard InChI is InChI=1S/C20H23N5O4S/c1-2-8-25(11-16-23-24-19(29-16)13-6-4-9-28-13)10-15(26)22-20-17(18(21)27)12-5-3-7-14(12)30-20/h4,6,9H,2-3,5,7-8,10-11H2,1H3,(H2,21,27)(H,22,26). The van der Waals surface area contributed by atoms with Gasteiger partial charge in [0.1, 0.15) is 5.00 Å². The lowest BCUT2D eigenvalue weighted by molar-refractivity contribution is -0.117. The van der Waals surface area contributed by atoms with Gasteiger partial charge in [-0.05, 0) is 49.9 Å². The summed E-state index contributed by atoms with van der Waals surface area (Å²) in [5.41, 5.74) is 7.02. The van der Waals surface area contributed by atoms with Crippen LogP contribution in [0, 0.1) is 0 Å². The molecule has 2 amide bonds. The van der Waals surface area contributed by atoms with Gasteiger partial charge in [0.2, 0.25) is 11.8 Å². The molecule has 10 heteroatoms. The molecule has 9 nitrogen and oxygen atoms in total. The molecule has 158 valence electrons. The first-order chi connectivity index (χ1) is 14.5. The Morgan fingerprint density at radius 2 is 2.20 bits per heavy atom. The van der Waals surface area contributed by atoms with Crippen molar-refractivity contribution >= 4 is 28.2 Å². The van der Waals surface area contributed by atoms with Crippen molar-refractivity contribution in [2.24, 2.45) is 5.73 Å². The van der Waals surface area contributed by atoms with E-state index in [2.05, 4.69) is 15.5 Å². The predicted octanol–water partition coefficient (Wildman–Crippen LogP) is 2.83. The highest BCUT2D eigenvalue weighted by molar-refractivity contribution is 7.17. The summed E-state index contributed by atoms with van der Waals surface area (Å²) < 4.78 is 10.9. The van der Waals surface area contributed by atoms with Crippen LogP contribution in [0.3, 0.4) is 0 Å². The Labute approximate surface area is 177 Å². The summed E-state index contributed by atoms with van der Waals surface area (Å²) in [6.07, 6.45) is 5.16. The van der Waals surface area contributed by atoms with Crippen LogP contribution in [-0.2, 0) is 24.2 Å². The molecular weight excluding hydrogens is 406 g/mol. The minimum absolute atomic E-state index is 0.132. The van der Waals surface area contributed by atoms with Gasteiger partial charge in [-0.25, -0.2) is 0 Å². The second-order valence-electron chi connectivity index (χ2n) is 7.16. The molecule has 0 aromatic carbocycles. The molecule has 3 aromatic rings. The number of rotatable bonds is 9. The molecule has 0 saturated heterocycles. The fourth-order valence-corrected chi connectivity index (χ4v) is 4.97. The number of hydrogen-bond donors (Lipinski definition) is 2. The van der Waals surface area contributed by atoms with Gasteiger partial charge in [-0.15, -0.1) is 21.5 Å². The van der Waals surface area contributed by atoms with Crippen molar-refractivity contribution in [3.8, 4) is 11.7 Å². The van der Waals surface area contributed by atoms with Crippen LogP contribution in [-0.4, -0.2) is 40.0 Å². The van der Waals surface area contributed by atoms with E-state index in [1.54, 1.807) is 12.1 Å². The largest absolute Gasteiger partial charge is 0.459 e. The number of aromatic nitrogens is 2. The average molecular weight is 430 g/mol. The molecule has 0 atom stereocenters. The topological polar surface area (TPSA) is 127 Å². The number of thiophene rings is 1. The number of aryl methyl sites for hydroxylation is 1. The summed E-state index contributed by atoms with van der Waals surface area (Å²) in [4.78, 5) is 27.7. The van der Waals surface area contributed by atoms with Crippen LogP contribution < -0.4 is 11.1 Å². The van der Waals surface area contributed by atoms with Crippen molar-refractivity contribution < 1.29 is 18.4 Å². The molecule has 0 unspecified atom stereocenters. The van der Waals surface area contributed by atoms with E-state index >= 15 is 0 Å². The molecule has 0 fully saturated rings. The average Bonchev–Trinajstić information content (AvgIpc) is 3.45. The van der Waals surface area contributed by atoms with Crippen molar-refractivity contribution in [2.45, 2.75) is 39.2 Å². The van der Waals surface area contributed by atoms with Gasteiger partial charge in [0.15, 0.2) is 5.76 Å². The predicted molar refractivity (Wildman–Crippen MR) is 111 cm³/mol. The Balaban J connectivity index is 1.42. The molecule has 3 aromatic heterocycles. The van der Waals surface area contributed by atoms with Gasteiger partial charge in [0.05, 0.1) is 24.9 Å². The first-order valence-electron chi connectivity index (χ1n) is 9.88. The van der Waals surface area contributed by atoms with Gasteiger partial charge < -0.3 is 19.9 Å². The van der Waals surface area contributed by atoms with Crippen LogP contribution in [0.5, 0.6) is 0 Å². The van der Waals surface area contributed by atoms with E-state index in [-0.39, 0.29) is 12.5 Å². The van der Waals surface area contributed by atoms with Crippen LogP contribution in [0.1, 0.15) is 46.5 Å². The Morgan fingerprint density at radius 3 is 2.93 bits per heavy atom. The lowest BCUT2D eigenvalue weighted by atomic mass is 10.1. The zero-order chi connectivity index (χ0) is 21.1. The van der Waals surface area contributed by atoms with E-state index in [4.69, 9.17) is 14.6 Å². The number of hydrogen-bond acceptors (Lipinski definition) is 8. The molecule has 3 heterocycles. The lowest BCUT2D eigenvalue weighted by Gasteiger charge is -2.19. The normalized spacial score (nSPS) is 13.0. The van der Waals surface area contributed by atoms with Gasteiger partial charge in [0, 0.05) is 4.88 Å². The molecule has 1 aliphatic rings. The smallest absolute Gasteiger partial charge is 0.283 e. The third-order valence-corrected chi connectivity index (χ3v) is 6.09. The molecule has 3 N–H and O–H groups in total. The van der Waals surface area contributed by atoms with Crippen molar-refractivity contribution in [2.75, 3.05) is 18.4 Å². The summed E-state index contributed by atoms with van der Waals surface area (Å²) in [5.74, 6) is 0.493. The quantitative estimate of drug-likeness (QED) is 0.535. The monoisotopic (exact) mass is 429 g/mol. The number of nitrogens with zero attached hydrogens (tertiary/aromatic N) is 3. The highest BCUT2D eigenvalue weighted by Gasteiger charge is 2.26. The fraction of sp³-hybridized carbons (Fsp3) is 0.400. The van der Waals surface area contributed by atoms with Crippen molar-refractivity contribution in [3.05, 3.63) is 40.3 Å². The van der Waals surface area contributed by atoms with E-state index in [1.165, 1.54) is 17.6 Å². The Morgan fingerprint density at radius 1 is 1.33 bits per heavy atom. The van der Waals surface area contributed by atoms with Crippen LogP contribution >= 0.6 is 11.3 Å². The second kappa shape index (κ2) is 8.80. The maximum absolute atomic E-state index is 12.7. The van der Waals surface area contributed by atoms with Crippen LogP contribution in [0.15, 0.2) is 27.2 Å². The molecule has 30 heavy (non-hydrogen) atoms. The second-order valence-corrected chi connectivity index (χ2v) is 8.27. The Hall–Kier alpha value is -2.98. The number of anilines is 1. The third-order valence-electron chi connectivity index (χ3n) is 4.89.